The fourth-order valence-electron chi connectivity index (χ4n) is 0.844. The lowest BCUT2D eigenvalue weighted by molar-refractivity contribution is -0.383. The monoisotopic (exact) mass is 151 g/mol. The Hall–Kier alpha value is -1.58. The van der Waals surface area contributed by atoms with Crippen LogP contribution in [0.15, 0.2) is 24.3 Å². The highest BCUT2D eigenvalue weighted by Gasteiger charge is 2.09. The molecule has 11 heavy (non-hydrogen) atoms. The topological polar surface area (TPSA) is 55.2 Å². The molecule has 0 aliphatic rings. The van der Waals surface area contributed by atoms with Gasteiger partial charge < -0.3 is 5.32 Å². The summed E-state index contributed by atoms with van der Waals surface area (Å²) >= 11 is 0. The maximum absolute atomic E-state index is 10.3. The molecule has 0 atom stereocenters. The molecule has 0 saturated heterocycles. The Morgan fingerprint density at radius 1 is 1.45 bits per heavy atom. The fourth-order valence-corrected chi connectivity index (χ4v) is 0.844. The highest BCUT2D eigenvalue weighted by Crippen LogP contribution is 2.21. The molecule has 58 valence electrons. The van der Waals surface area contributed by atoms with Gasteiger partial charge >= 0.3 is 0 Å². The minimum atomic E-state index is -0.411. The molecule has 1 aromatic carbocycles. The van der Waals surface area contributed by atoms with Crippen LogP contribution in [0.2, 0.25) is 0 Å². The third-order valence-corrected chi connectivity index (χ3v) is 1.37. The van der Waals surface area contributed by atoms with Crippen LogP contribution in [0.5, 0.6) is 0 Å². The van der Waals surface area contributed by atoms with E-state index in [0.717, 1.165) is 0 Å². The van der Waals surface area contributed by atoms with Crippen LogP contribution in [0, 0.1) is 10.1 Å². The lowest BCUT2D eigenvalue weighted by atomic mass is 10.2. The number of anilines is 1. The molecule has 0 amide bonds. The van der Waals surface area contributed by atoms with Crippen LogP contribution in [0.1, 0.15) is 0 Å². The summed E-state index contributed by atoms with van der Waals surface area (Å²) in [5, 5.41) is 13.1. The quantitative estimate of drug-likeness (QED) is 0.516. The second-order valence-electron chi connectivity index (χ2n) is 2.02. The highest BCUT2D eigenvalue weighted by atomic mass is 16.6. The number of nitro groups is 1. The number of rotatable bonds is 2. The number of hydrogen-bond acceptors (Lipinski definition) is 3. The van der Waals surface area contributed by atoms with E-state index in [-0.39, 0.29) is 5.69 Å². The Morgan fingerprint density at radius 2 is 2.09 bits per heavy atom. The van der Waals surface area contributed by atoms with E-state index in [2.05, 4.69) is 5.32 Å². The van der Waals surface area contributed by atoms with Gasteiger partial charge in [-0.1, -0.05) is 12.1 Å². The lowest BCUT2D eigenvalue weighted by Gasteiger charge is -1.98. The molecule has 0 spiro atoms. The molecule has 1 rings (SSSR count). The Morgan fingerprint density at radius 3 is 2.55 bits per heavy atom. The highest BCUT2D eigenvalue weighted by molar-refractivity contribution is 5.60. The van der Waals surface area contributed by atoms with Crippen LogP contribution < -0.4 is 5.32 Å². The second kappa shape index (κ2) is 3.01. The zero-order valence-corrected chi connectivity index (χ0v) is 6.07. The lowest BCUT2D eigenvalue weighted by Crippen LogP contribution is -1.95. The number of benzene rings is 1. The summed E-state index contributed by atoms with van der Waals surface area (Å²) in [6.45, 7) is 0. The molecule has 0 fully saturated rings. The molecule has 1 aromatic rings. The Kier molecular flexibility index (Phi) is 2.06. The molecule has 0 unspecified atom stereocenters. The molecule has 4 nitrogen and oxygen atoms in total. The minimum absolute atomic E-state index is 0.106. The van der Waals surface area contributed by atoms with Crippen molar-refractivity contribution in [3.63, 3.8) is 0 Å². The average Bonchev–Trinajstić information content (AvgIpc) is 2.04. The van der Waals surface area contributed by atoms with Gasteiger partial charge in [0.1, 0.15) is 5.69 Å². The van der Waals surface area contributed by atoms with E-state index in [1.165, 1.54) is 6.07 Å². The van der Waals surface area contributed by atoms with Crippen molar-refractivity contribution in [3.05, 3.63) is 34.4 Å². The van der Waals surface area contributed by atoms with Crippen molar-refractivity contribution in [2.45, 2.75) is 0 Å². The SMILES string of the molecule is [11CH3]Nc1ccccc1[N+](=O)[O-]. The molecule has 0 bridgehead atoms. The van der Waals surface area contributed by atoms with Gasteiger partial charge in [0.15, 0.2) is 0 Å². The van der Waals surface area contributed by atoms with Crippen LogP contribution in [0.3, 0.4) is 0 Å². The van der Waals surface area contributed by atoms with Crippen molar-refractivity contribution in [3.8, 4) is 0 Å². The van der Waals surface area contributed by atoms with Crippen molar-refractivity contribution >= 4 is 11.4 Å². The van der Waals surface area contributed by atoms with Gasteiger partial charge in [-0.2, -0.15) is 0 Å². The summed E-state index contributed by atoms with van der Waals surface area (Å²) in [4.78, 5) is 9.94. The van der Waals surface area contributed by atoms with Gasteiger partial charge in [-0.05, 0) is 6.07 Å². The van der Waals surface area contributed by atoms with Gasteiger partial charge in [-0.25, -0.2) is 0 Å². The van der Waals surface area contributed by atoms with E-state index in [1.807, 2.05) is 0 Å². The first-order chi connectivity index (χ1) is 5.25. The first-order valence-corrected chi connectivity index (χ1v) is 3.17. The van der Waals surface area contributed by atoms with Crippen LogP contribution in [-0.4, -0.2) is 12.0 Å². The number of nitrogens with one attached hydrogen (secondary N) is 1. The van der Waals surface area contributed by atoms with Gasteiger partial charge in [-0.15, -0.1) is 0 Å². The first-order valence-electron chi connectivity index (χ1n) is 3.17. The van der Waals surface area contributed by atoms with Crippen LogP contribution in [-0.2, 0) is 0 Å². The van der Waals surface area contributed by atoms with E-state index in [1.54, 1.807) is 25.2 Å². The van der Waals surface area contributed by atoms with Crippen LogP contribution >= 0.6 is 0 Å². The Balaban J connectivity index is 3.12. The normalized spacial score (nSPS) is 9.18. The van der Waals surface area contributed by atoms with Crippen LogP contribution in [0.4, 0.5) is 11.4 Å². The predicted octanol–water partition coefficient (Wildman–Crippen LogP) is 1.64. The third-order valence-electron chi connectivity index (χ3n) is 1.37. The molecular weight excluding hydrogens is 143 g/mol. The van der Waals surface area contributed by atoms with Crippen molar-refractivity contribution in [1.82, 2.24) is 0 Å². The second-order valence-corrected chi connectivity index (χ2v) is 2.02. The molecule has 0 heterocycles. The zero-order chi connectivity index (χ0) is 8.27. The molecule has 0 aromatic heterocycles. The van der Waals surface area contributed by atoms with Gasteiger partial charge in [-0.3, -0.25) is 10.1 Å². The van der Waals surface area contributed by atoms with Crippen molar-refractivity contribution in [2.24, 2.45) is 0 Å². The summed E-state index contributed by atoms with van der Waals surface area (Å²) < 4.78 is 0. The Bertz CT molecular complexity index is 273. The number of nitro benzene ring substituents is 1. The molecule has 0 aliphatic heterocycles. The summed E-state index contributed by atoms with van der Waals surface area (Å²) in [7, 11) is 1.66. The average molecular weight is 151 g/mol. The van der Waals surface area contributed by atoms with Gasteiger partial charge in [0, 0.05) is 13.1 Å². The number of para-hydroxylation sites is 2. The number of nitrogens with zero attached hydrogens (tertiary/aromatic N) is 1. The molecular formula is C7H8N2O2. The third kappa shape index (κ3) is 1.46. The van der Waals surface area contributed by atoms with Gasteiger partial charge in [0.05, 0.1) is 4.92 Å². The molecule has 4 heteroatoms. The standard InChI is InChI=1S/C7H8N2O2/c1-8-6-4-2-3-5-7(6)9(10)11/h2-5,8H,1H3/i1-1. The van der Waals surface area contributed by atoms with E-state index in [4.69, 9.17) is 0 Å². The van der Waals surface area contributed by atoms with Crippen molar-refractivity contribution in [2.75, 3.05) is 12.4 Å². The summed E-state index contributed by atoms with van der Waals surface area (Å²) in [5.41, 5.74) is 0.646. The van der Waals surface area contributed by atoms with Crippen LogP contribution in [0.25, 0.3) is 0 Å². The maximum atomic E-state index is 10.3. The first kappa shape index (κ1) is 7.53. The Labute approximate surface area is 64.0 Å². The summed E-state index contributed by atoms with van der Waals surface area (Å²) in [5.74, 6) is 0. The molecule has 0 radical (unpaired) electrons. The van der Waals surface area contributed by atoms with Crippen molar-refractivity contribution in [1.29, 1.82) is 0 Å². The van der Waals surface area contributed by atoms with Gasteiger partial charge in [0.2, 0.25) is 0 Å². The molecule has 0 saturated carbocycles. The fraction of sp³-hybridized carbons (Fsp3) is 0.143. The van der Waals surface area contributed by atoms with Gasteiger partial charge in [0.25, 0.3) is 5.69 Å². The molecule has 0 aliphatic carbocycles. The van der Waals surface area contributed by atoms with E-state index >= 15 is 0 Å². The maximum Gasteiger partial charge on any atom is 0.292 e. The smallest absolute Gasteiger partial charge is 0.292 e. The predicted molar refractivity (Wildman–Crippen MR) is 42.6 cm³/mol. The zero-order valence-electron chi connectivity index (χ0n) is 6.07. The van der Waals surface area contributed by atoms with E-state index in [9.17, 15) is 10.1 Å². The van der Waals surface area contributed by atoms with Crippen molar-refractivity contribution < 1.29 is 4.92 Å². The van der Waals surface area contributed by atoms with E-state index in [0.29, 0.717) is 5.69 Å². The van der Waals surface area contributed by atoms with E-state index < -0.39 is 4.92 Å². The molecule has 1 N–H and O–H groups in total. The number of hydrogen-bond donors (Lipinski definition) is 1. The minimum Gasteiger partial charge on any atom is -0.383 e. The summed E-state index contributed by atoms with van der Waals surface area (Å²) in [6, 6.07) is 6.52. The largest absolute Gasteiger partial charge is 0.383 e. The summed E-state index contributed by atoms with van der Waals surface area (Å²) in [6.07, 6.45) is 0.